The maximum atomic E-state index is 10.6. The number of para-hydroxylation sites is 2. The molecule has 1 aliphatic heterocycles. The van der Waals surface area contributed by atoms with E-state index in [2.05, 4.69) is 10.6 Å². The predicted octanol–water partition coefficient (Wildman–Crippen LogP) is 0.851. The molecule has 1 aromatic carbocycles. The third kappa shape index (κ3) is 1.46. The summed E-state index contributed by atoms with van der Waals surface area (Å²) in [6.07, 6.45) is 1.32. The number of hydrogen-bond acceptors (Lipinski definition) is 3. The molecule has 0 radical (unpaired) electrons. The number of fused-ring (bicyclic) bond motifs is 1. The first-order chi connectivity index (χ1) is 6.25. The summed E-state index contributed by atoms with van der Waals surface area (Å²) in [6, 6.07) is 7.68. The zero-order valence-corrected chi connectivity index (χ0v) is 6.87. The predicted molar refractivity (Wildman–Crippen MR) is 51.0 cm³/mol. The van der Waals surface area contributed by atoms with Crippen molar-refractivity contribution < 1.29 is 4.79 Å². The lowest BCUT2D eigenvalue weighted by molar-refractivity contribution is -0.113. The summed E-state index contributed by atoms with van der Waals surface area (Å²) in [6.45, 7) is 0. The summed E-state index contributed by atoms with van der Waals surface area (Å²) >= 11 is 0. The van der Waals surface area contributed by atoms with Crippen molar-refractivity contribution in [2.24, 2.45) is 5.73 Å². The molecule has 4 nitrogen and oxygen atoms in total. The van der Waals surface area contributed by atoms with Crippen LogP contribution in [0.25, 0.3) is 0 Å². The van der Waals surface area contributed by atoms with E-state index in [1.807, 2.05) is 24.3 Å². The van der Waals surface area contributed by atoms with Gasteiger partial charge < -0.3 is 16.4 Å². The van der Waals surface area contributed by atoms with Crippen LogP contribution in [-0.2, 0) is 4.79 Å². The molecular formula is C9H9N3O. The number of amides is 1. The second kappa shape index (κ2) is 2.82. The van der Waals surface area contributed by atoms with Crippen molar-refractivity contribution in [3.05, 3.63) is 36.2 Å². The van der Waals surface area contributed by atoms with E-state index < -0.39 is 5.91 Å². The van der Waals surface area contributed by atoms with E-state index in [4.69, 9.17) is 5.73 Å². The van der Waals surface area contributed by atoms with Gasteiger partial charge in [-0.05, 0) is 12.1 Å². The Morgan fingerprint density at radius 3 is 2.23 bits per heavy atom. The molecule has 0 fully saturated rings. The van der Waals surface area contributed by atoms with Gasteiger partial charge in [0.2, 0.25) is 5.91 Å². The van der Waals surface area contributed by atoms with Gasteiger partial charge in [-0.2, -0.15) is 0 Å². The quantitative estimate of drug-likeness (QED) is 0.554. The first-order valence-corrected chi connectivity index (χ1v) is 3.90. The number of nitrogens with one attached hydrogen (secondary N) is 2. The molecule has 1 heterocycles. The molecule has 0 unspecified atom stereocenters. The van der Waals surface area contributed by atoms with E-state index in [9.17, 15) is 4.79 Å². The lowest BCUT2D eigenvalue weighted by atomic mass is 10.3. The summed E-state index contributed by atoms with van der Waals surface area (Å²) in [4.78, 5) is 10.6. The van der Waals surface area contributed by atoms with E-state index in [0.717, 1.165) is 11.4 Å². The van der Waals surface area contributed by atoms with Crippen LogP contribution in [0.5, 0.6) is 0 Å². The summed E-state index contributed by atoms with van der Waals surface area (Å²) in [5.74, 6) is 0.150. The largest absolute Gasteiger partial charge is 0.366 e. The number of carbonyl (C=O) groups is 1. The zero-order valence-electron chi connectivity index (χ0n) is 6.87. The van der Waals surface area contributed by atoms with Gasteiger partial charge in [0, 0.05) is 6.08 Å². The average Bonchev–Trinajstić information content (AvgIpc) is 2.44. The molecule has 0 saturated carbocycles. The highest BCUT2D eigenvalue weighted by Gasteiger charge is 2.12. The Bertz CT molecular complexity index is 357. The zero-order chi connectivity index (χ0) is 9.26. The number of carbonyl (C=O) groups excluding carboxylic acids is 1. The lowest BCUT2D eigenvalue weighted by Crippen LogP contribution is -2.11. The minimum absolute atomic E-state index is 0.470. The highest BCUT2D eigenvalue weighted by molar-refractivity contribution is 5.90. The molecule has 0 spiro atoms. The Morgan fingerprint density at radius 2 is 1.77 bits per heavy atom. The van der Waals surface area contributed by atoms with Crippen molar-refractivity contribution in [3.63, 3.8) is 0 Å². The molecule has 0 aromatic heterocycles. The van der Waals surface area contributed by atoms with Gasteiger partial charge in [-0.15, -0.1) is 0 Å². The normalized spacial score (nSPS) is 12.8. The average molecular weight is 175 g/mol. The van der Waals surface area contributed by atoms with Crippen LogP contribution in [0.1, 0.15) is 0 Å². The van der Waals surface area contributed by atoms with E-state index in [1.165, 1.54) is 6.08 Å². The standard InChI is InChI=1S/C9H9N3O/c10-8(13)5-9-11-6-3-1-2-4-7(6)12-9/h1-5,11-12H,(H2,10,13). The van der Waals surface area contributed by atoms with Crippen molar-refractivity contribution in [3.8, 4) is 0 Å². The fraction of sp³-hybridized carbons (Fsp3) is 0. The van der Waals surface area contributed by atoms with Crippen LogP contribution in [0, 0.1) is 0 Å². The van der Waals surface area contributed by atoms with Gasteiger partial charge in [0.05, 0.1) is 11.4 Å². The van der Waals surface area contributed by atoms with Crippen LogP contribution in [0.2, 0.25) is 0 Å². The Balaban J connectivity index is 2.28. The molecule has 2 rings (SSSR count). The molecule has 1 aliphatic rings. The van der Waals surface area contributed by atoms with Gasteiger partial charge in [0.1, 0.15) is 5.82 Å². The minimum Gasteiger partial charge on any atom is -0.366 e. The highest BCUT2D eigenvalue weighted by Crippen LogP contribution is 2.29. The number of nitrogens with two attached hydrogens (primary N) is 1. The van der Waals surface area contributed by atoms with Crippen molar-refractivity contribution in [2.45, 2.75) is 0 Å². The molecule has 0 atom stereocenters. The Kier molecular flexibility index (Phi) is 1.66. The third-order valence-corrected chi connectivity index (χ3v) is 1.75. The Labute approximate surface area is 75.4 Å². The second-order valence-corrected chi connectivity index (χ2v) is 2.76. The molecule has 4 heteroatoms. The second-order valence-electron chi connectivity index (χ2n) is 2.76. The molecular weight excluding hydrogens is 166 g/mol. The van der Waals surface area contributed by atoms with E-state index in [-0.39, 0.29) is 0 Å². The van der Waals surface area contributed by atoms with Gasteiger partial charge in [0.25, 0.3) is 0 Å². The molecule has 13 heavy (non-hydrogen) atoms. The molecule has 66 valence electrons. The molecule has 0 bridgehead atoms. The molecule has 1 aromatic rings. The van der Waals surface area contributed by atoms with E-state index in [0.29, 0.717) is 5.82 Å². The number of benzene rings is 1. The highest BCUT2D eigenvalue weighted by atomic mass is 16.1. The van der Waals surface area contributed by atoms with Crippen LogP contribution in [0.15, 0.2) is 36.2 Å². The topological polar surface area (TPSA) is 67.2 Å². The summed E-state index contributed by atoms with van der Waals surface area (Å²) in [7, 11) is 0. The van der Waals surface area contributed by atoms with Crippen molar-refractivity contribution in [1.82, 2.24) is 0 Å². The molecule has 1 amide bonds. The van der Waals surface area contributed by atoms with Crippen LogP contribution in [0.3, 0.4) is 0 Å². The van der Waals surface area contributed by atoms with Crippen LogP contribution in [-0.4, -0.2) is 5.91 Å². The Hall–Kier alpha value is -1.97. The first-order valence-electron chi connectivity index (χ1n) is 3.90. The van der Waals surface area contributed by atoms with Crippen molar-refractivity contribution in [1.29, 1.82) is 0 Å². The van der Waals surface area contributed by atoms with Crippen molar-refractivity contribution in [2.75, 3.05) is 10.6 Å². The minimum atomic E-state index is -0.470. The molecule has 0 aliphatic carbocycles. The Morgan fingerprint density at radius 1 is 1.23 bits per heavy atom. The maximum Gasteiger partial charge on any atom is 0.245 e. The smallest absolute Gasteiger partial charge is 0.245 e. The summed E-state index contributed by atoms with van der Waals surface area (Å²) < 4.78 is 0. The lowest BCUT2D eigenvalue weighted by Gasteiger charge is -1.96. The summed E-state index contributed by atoms with van der Waals surface area (Å²) in [5, 5.41) is 6.03. The van der Waals surface area contributed by atoms with Crippen LogP contribution < -0.4 is 16.4 Å². The summed E-state index contributed by atoms with van der Waals surface area (Å²) in [5.41, 5.74) is 6.92. The molecule has 4 N–H and O–H groups in total. The van der Waals surface area contributed by atoms with E-state index in [1.54, 1.807) is 0 Å². The number of rotatable bonds is 1. The number of primary amides is 1. The van der Waals surface area contributed by atoms with Gasteiger partial charge in [-0.25, -0.2) is 0 Å². The van der Waals surface area contributed by atoms with E-state index >= 15 is 0 Å². The number of anilines is 2. The van der Waals surface area contributed by atoms with Crippen LogP contribution in [0.4, 0.5) is 11.4 Å². The molecule has 0 saturated heterocycles. The van der Waals surface area contributed by atoms with Crippen LogP contribution >= 0.6 is 0 Å². The fourth-order valence-corrected chi connectivity index (χ4v) is 1.24. The first kappa shape index (κ1) is 7.67. The van der Waals surface area contributed by atoms with Crippen molar-refractivity contribution >= 4 is 17.3 Å². The maximum absolute atomic E-state index is 10.6. The van der Waals surface area contributed by atoms with Gasteiger partial charge in [-0.3, -0.25) is 4.79 Å². The third-order valence-electron chi connectivity index (χ3n) is 1.75. The fourth-order valence-electron chi connectivity index (χ4n) is 1.24. The monoisotopic (exact) mass is 175 g/mol. The van der Waals surface area contributed by atoms with Gasteiger partial charge in [0.15, 0.2) is 0 Å². The van der Waals surface area contributed by atoms with Gasteiger partial charge in [-0.1, -0.05) is 12.1 Å². The number of hydrogen-bond donors (Lipinski definition) is 3. The SMILES string of the molecule is NC(=O)C=C1Nc2ccccc2N1. The van der Waals surface area contributed by atoms with Gasteiger partial charge >= 0.3 is 0 Å².